The summed E-state index contributed by atoms with van der Waals surface area (Å²) in [6.45, 7) is 15.9. The van der Waals surface area contributed by atoms with Crippen LogP contribution in [0.3, 0.4) is 0 Å². The molecule has 3 heteroatoms. The highest BCUT2D eigenvalue weighted by atomic mass is 15.1. The third kappa shape index (κ3) is 58.5. The molecule has 166 valence electrons. The molecule has 1 aliphatic rings. The van der Waals surface area contributed by atoms with Crippen molar-refractivity contribution in [2.75, 3.05) is 20.1 Å². The zero-order chi connectivity index (χ0) is 23.2. The fourth-order valence-electron chi connectivity index (χ4n) is 1.79. The normalized spacial score (nSPS) is 10.6. The summed E-state index contributed by atoms with van der Waals surface area (Å²) in [6, 6.07) is 12.0. The van der Waals surface area contributed by atoms with E-state index in [4.69, 9.17) is 11.1 Å². The highest BCUT2D eigenvalue weighted by Gasteiger charge is 2.02. The van der Waals surface area contributed by atoms with E-state index in [0.717, 1.165) is 12.8 Å². The van der Waals surface area contributed by atoms with Crippen molar-refractivity contribution in [1.29, 1.82) is 5.41 Å². The largest absolute Gasteiger partial charge is 0.388 e. The molecule has 0 aliphatic carbocycles. The fraction of sp³-hybridized carbons (Fsp3) is 0.577. The zero-order valence-electron chi connectivity index (χ0n) is 20.4. The number of nitrogens with zero attached hydrogens (tertiary/aromatic N) is 1. The second-order valence-electron chi connectivity index (χ2n) is 5.76. The van der Waals surface area contributed by atoms with Crippen LogP contribution in [0.2, 0.25) is 0 Å². The topological polar surface area (TPSA) is 53.1 Å². The van der Waals surface area contributed by atoms with Gasteiger partial charge in [-0.05, 0) is 53.8 Å². The minimum atomic E-state index is 0.167. The Labute approximate surface area is 183 Å². The van der Waals surface area contributed by atoms with Crippen LogP contribution in [0, 0.1) is 29.1 Å². The molecule has 0 atom stereocenters. The Bertz CT molecular complexity index is 459. The van der Waals surface area contributed by atoms with Gasteiger partial charge in [0, 0.05) is 12.8 Å². The minimum Gasteiger partial charge on any atom is -0.388 e. The van der Waals surface area contributed by atoms with Gasteiger partial charge in [-0.25, -0.2) is 0 Å². The smallest absolute Gasteiger partial charge is 0.0873 e. The Morgan fingerprint density at radius 1 is 0.828 bits per heavy atom. The molecular formula is C26H47N3. The SMILES string of the molecule is CC.CC#CCC.CC#CCC.CC(=N)N.CN1CCCCC1.c1ccccc1. The summed E-state index contributed by atoms with van der Waals surface area (Å²) in [7, 11) is 2.19. The zero-order valence-corrected chi connectivity index (χ0v) is 20.4. The number of nitrogens with one attached hydrogen (secondary N) is 1. The van der Waals surface area contributed by atoms with Gasteiger partial charge in [-0.3, -0.25) is 5.41 Å². The molecule has 1 aromatic rings. The number of nitrogens with two attached hydrogens (primary N) is 1. The Hall–Kier alpha value is -2.23. The number of rotatable bonds is 0. The molecule has 0 bridgehead atoms. The van der Waals surface area contributed by atoms with Crippen molar-refractivity contribution in [3.05, 3.63) is 36.4 Å². The molecule has 1 heterocycles. The molecule has 0 saturated carbocycles. The van der Waals surface area contributed by atoms with E-state index in [1.54, 1.807) is 0 Å². The molecule has 1 saturated heterocycles. The summed E-state index contributed by atoms with van der Waals surface area (Å²) in [5.74, 6) is 11.4. The highest BCUT2D eigenvalue weighted by Crippen LogP contribution is 2.04. The lowest BCUT2D eigenvalue weighted by atomic mass is 10.1. The fourth-order valence-corrected chi connectivity index (χ4v) is 1.79. The first-order valence-corrected chi connectivity index (χ1v) is 10.7. The first-order chi connectivity index (χ1) is 14.0. The molecule has 1 aromatic carbocycles. The van der Waals surface area contributed by atoms with Gasteiger partial charge in [-0.2, -0.15) is 0 Å². The van der Waals surface area contributed by atoms with Crippen molar-refractivity contribution in [3.63, 3.8) is 0 Å². The molecule has 0 amide bonds. The van der Waals surface area contributed by atoms with Crippen molar-refractivity contribution < 1.29 is 0 Å². The third-order valence-electron chi connectivity index (χ3n) is 2.95. The lowest BCUT2D eigenvalue weighted by molar-refractivity contribution is 0.277. The maximum Gasteiger partial charge on any atom is 0.0873 e. The molecular weight excluding hydrogens is 354 g/mol. The molecule has 3 N–H and O–H groups in total. The molecule has 0 aromatic heterocycles. The predicted octanol–water partition coefficient (Wildman–Crippen LogP) is 6.60. The number of piperidine rings is 1. The van der Waals surface area contributed by atoms with E-state index >= 15 is 0 Å². The van der Waals surface area contributed by atoms with Crippen LogP contribution in [0.5, 0.6) is 0 Å². The van der Waals surface area contributed by atoms with Crippen LogP contribution >= 0.6 is 0 Å². The predicted molar refractivity (Wildman–Crippen MR) is 134 cm³/mol. The second kappa shape index (κ2) is 36.7. The van der Waals surface area contributed by atoms with Gasteiger partial charge in [0.2, 0.25) is 0 Å². The van der Waals surface area contributed by atoms with Gasteiger partial charge in [-0.1, -0.05) is 70.5 Å². The molecule has 0 unspecified atom stereocenters. The van der Waals surface area contributed by atoms with Crippen molar-refractivity contribution in [3.8, 4) is 23.7 Å². The Morgan fingerprint density at radius 3 is 1.21 bits per heavy atom. The van der Waals surface area contributed by atoms with Crippen LogP contribution in [-0.4, -0.2) is 30.9 Å². The second-order valence-corrected chi connectivity index (χ2v) is 5.76. The van der Waals surface area contributed by atoms with Crippen molar-refractivity contribution in [2.24, 2.45) is 5.73 Å². The summed E-state index contributed by atoms with van der Waals surface area (Å²) in [6.07, 6.45) is 6.24. The number of amidine groups is 1. The summed E-state index contributed by atoms with van der Waals surface area (Å²) in [5, 5.41) is 6.28. The van der Waals surface area contributed by atoms with E-state index in [0.29, 0.717) is 0 Å². The summed E-state index contributed by atoms with van der Waals surface area (Å²) < 4.78 is 0. The maximum atomic E-state index is 6.28. The maximum absolute atomic E-state index is 6.28. The van der Waals surface area contributed by atoms with Crippen LogP contribution in [0.25, 0.3) is 0 Å². The van der Waals surface area contributed by atoms with E-state index in [1.165, 1.54) is 39.3 Å². The van der Waals surface area contributed by atoms with E-state index in [-0.39, 0.29) is 5.84 Å². The summed E-state index contributed by atoms with van der Waals surface area (Å²) in [4.78, 5) is 2.39. The number of likely N-dealkylation sites (tertiary alicyclic amines) is 1. The molecule has 0 radical (unpaired) electrons. The first kappa shape index (κ1) is 34.3. The monoisotopic (exact) mass is 401 g/mol. The minimum absolute atomic E-state index is 0.167. The average Bonchev–Trinajstić information content (AvgIpc) is 2.74. The molecule has 2 rings (SSSR count). The molecule has 1 aliphatic heterocycles. The molecule has 29 heavy (non-hydrogen) atoms. The van der Waals surface area contributed by atoms with Crippen LogP contribution in [0.4, 0.5) is 0 Å². The lowest BCUT2D eigenvalue weighted by Gasteiger charge is -2.20. The standard InChI is InChI=1S/C6H13N.C6H6.2C5H8.C2H6N2.C2H6/c1-7-5-3-2-4-6-7;1-2-4-6-5-3-1;2*1-3-5-4-2;1-2(3)4;1-2/h2-6H2,1H3;1-6H;2*3H2,1-2H3;1H3,(H3,3,4);1-2H3. The number of hydrogen-bond donors (Lipinski definition) is 2. The average molecular weight is 402 g/mol. The van der Waals surface area contributed by atoms with Crippen LogP contribution in [-0.2, 0) is 0 Å². The van der Waals surface area contributed by atoms with Gasteiger partial charge in [0.15, 0.2) is 0 Å². The third-order valence-corrected chi connectivity index (χ3v) is 2.95. The Kier molecular flexibility index (Phi) is 43.3. The van der Waals surface area contributed by atoms with Gasteiger partial charge in [0.1, 0.15) is 0 Å². The highest BCUT2D eigenvalue weighted by molar-refractivity contribution is 5.73. The van der Waals surface area contributed by atoms with Crippen LogP contribution in [0.15, 0.2) is 36.4 Å². The van der Waals surface area contributed by atoms with Gasteiger partial charge in [-0.15, -0.1) is 23.7 Å². The van der Waals surface area contributed by atoms with E-state index in [1.807, 2.05) is 77.9 Å². The van der Waals surface area contributed by atoms with Crippen molar-refractivity contribution >= 4 is 5.84 Å². The number of benzene rings is 1. The summed E-state index contributed by atoms with van der Waals surface area (Å²) >= 11 is 0. The van der Waals surface area contributed by atoms with Gasteiger partial charge in [0.25, 0.3) is 0 Å². The molecule has 0 spiro atoms. The summed E-state index contributed by atoms with van der Waals surface area (Å²) in [5.41, 5.74) is 4.69. The molecule has 1 fully saturated rings. The van der Waals surface area contributed by atoms with E-state index < -0.39 is 0 Å². The lowest BCUT2D eigenvalue weighted by Crippen LogP contribution is -2.24. The van der Waals surface area contributed by atoms with Crippen molar-refractivity contribution in [1.82, 2.24) is 4.90 Å². The molecule has 3 nitrogen and oxygen atoms in total. The quantitative estimate of drug-likeness (QED) is 0.292. The number of hydrogen-bond acceptors (Lipinski definition) is 2. The van der Waals surface area contributed by atoms with Gasteiger partial charge < -0.3 is 10.6 Å². The van der Waals surface area contributed by atoms with E-state index in [9.17, 15) is 0 Å². The van der Waals surface area contributed by atoms with Gasteiger partial charge in [0.05, 0.1) is 5.84 Å². The van der Waals surface area contributed by atoms with Crippen LogP contribution < -0.4 is 5.73 Å². The Balaban J connectivity index is -0.000000134. The van der Waals surface area contributed by atoms with Gasteiger partial charge >= 0.3 is 0 Å². The first-order valence-electron chi connectivity index (χ1n) is 10.7. The Morgan fingerprint density at radius 2 is 1.10 bits per heavy atom. The van der Waals surface area contributed by atoms with Crippen LogP contribution in [0.1, 0.15) is 80.6 Å². The van der Waals surface area contributed by atoms with E-state index in [2.05, 4.69) is 35.6 Å². The van der Waals surface area contributed by atoms with Crippen molar-refractivity contribution in [2.45, 2.75) is 80.6 Å².